The third-order valence-electron chi connectivity index (χ3n) is 5.47. The molecule has 2 amide bonds. The Balaban J connectivity index is 1.50. The second kappa shape index (κ2) is 8.31. The van der Waals surface area contributed by atoms with Gasteiger partial charge in [-0.15, -0.1) is 0 Å². The minimum Gasteiger partial charge on any atom is -0.338 e. The zero-order valence-corrected chi connectivity index (χ0v) is 16.5. The van der Waals surface area contributed by atoms with Crippen LogP contribution in [-0.4, -0.2) is 29.8 Å². The summed E-state index contributed by atoms with van der Waals surface area (Å²) < 4.78 is 0. The van der Waals surface area contributed by atoms with Crippen molar-refractivity contribution in [2.75, 3.05) is 18.4 Å². The maximum atomic E-state index is 13.2. The number of hydrogen-bond donors (Lipinski definition) is 1. The van der Waals surface area contributed by atoms with Gasteiger partial charge >= 0.3 is 0 Å². The number of aryl methyl sites for hydroxylation is 1. The minimum absolute atomic E-state index is 0.0387. The quantitative estimate of drug-likeness (QED) is 0.697. The minimum atomic E-state index is -0.214. The lowest BCUT2D eigenvalue weighted by atomic mass is 9.99. The van der Waals surface area contributed by atoms with Crippen LogP contribution in [0.4, 0.5) is 5.69 Å². The van der Waals surface area contributed by atoms with Gasteiger partial charge in [0.25, 0.3) is 11.8 Å². The number of nitrogens with one attached hydrogen (secondary N) is 1. The second-order valence-corrected chi connectivity index (χ2v) is 7.51. The number of rotatable bonds is 4. The van der Waals surface area contributed by atoms with Crippen LogP contribution in [-0.2, 0) is 0 Å². The monoisotopic (exact) mass is 384 g/mol. The normalized spacial score (nSPS) is 15.9. The van der Waals surface area contributed by atoms with Crippen LogP contribution < -0.4 is 5.32 Å². The van der Waals surface area contributed by atoms with Crippen LogP contribution in [0.5, 0.6) is 0 Å². The first-order chi connectivity index (χ1) is 14.1. The Bertz CT molecular complexity index is 1010. The van der Waals surface area contributed by atoms with Crippen molar-refractivity contribution in [2.24, 2.45) is 0 Å². The van der Waals surface area contributed by atoms with E-state index in [4.69, 9.17) is 0 Å². The lowest BCUT2D eigenvalue weighted by Crippen LogP contribution is -2.29. The number of hydrogen-bond acceptors (Lipinski definition) is 2. The highest BCUT2D eigenvalue weighted by Gasteiger charge is 2.29. The molecule has 0 saturated carbocycles. The van der Waals surface area contributed by atoms with E-state index in [2.05, 4.69) is 17.4 Å². The molecule has 1 N–H and O–H groups in total. The van der Waals surface area contributed by atoms with Crippen molar-refractivity contribution in [1.29, 1.82) is 0 Å². The van der Waals surface area contributed by atoms with Gasteiger partial charge in [0.2, 0.25) is 0 Å². The van der Waals surface area contributed by atoms with Crippen LogP contribution >= 0.6 is 0 Å². The van der Waals surface area contributed by atoms with Crippen LogP contribution in [0.25, 0.3) is 0 Å². The Kier molecular flexibility index (Phi) is 5.43. The van der Waals surface area contributed by atoms with E-state index >= 15 is 0 Å². The molecule has 3 aromatic carbocycles. The Hall–Kier alpha value is -3.40. The van der Waals surface area contributed by atoms with Gasteiger partial charge in [0.05, 0.1) is 11.3 Å². The summed E-state index contributed by atoms with van der Waals surface area (Å²) >= 11 is 0. The fraction of sp³-hybridized carbons (Fsp3) is 0.200. The van der Waals surface area contributed by atoms with Gasteiger partial charge in [-0.25, -0.2) is 0 Å². The molecule has 3 aromatic rings. The predicted molar refractivity (Wildman–Crippen MR) is 115 cm³/mol. The number of anilines is 1. The molecule has 1 heterocycles. The molecule has 1 aliphatic rings. The first-order valence-corrected chi connectivity index (χ1v) is 9.93. The van der Waals surface area contributed by atoms with E-state index in [1.165, 1.54) is 5.56 Å². The van der Waals surface area contributed by atoms with Gasteiger partial charge in [0.1, 0.15) is 0 Å². The van der Waals surface area contributed by atoms with Gasteiger partial charge in [0.15, 0.2) is 0 Å². The van der Waals surface area contributed by atoms with E-state index in [1.807, 2.05) is 54.3 Å². The molecule has 1 unspecified atom stereocenters. The summed E-state index contributed by atoms with van der Waals surface area (Å²) in [6.45, 7) is 3.40. The topological polar surface area (TPSA) is 49.4 Å². The smallest absolute Gasteiger partial charge is 0.255 e. The predicted octanol–water partition coefficient (Wildman–Crippen LogP) is 4.88. The number of benzene rings is 3. The summed E-state index contributed by atoms with van der Waals surface area (Å²) in [5, 5.41) is 2.91. The molecule has 0 spiro atoms. The largest absolute Gasteiger partial charge is 0.338 e. The van der Waals surface area contributed by atoms with E-state index in [1.54, 1.807) is 24.3 Å². The van der Waals surface area contributed by atoms with Crippen molar-refractivity contribution in [2.45, 2.75) is 19.3 Å². The second-order valence-electron chi connectivity index (χ2n) is 7.51. The Morgan fingerprint density at radius 3 is 2.34 bits per heavy atom. The molecule has 1 aliphatic heterocycles. The van der Waals surface area contributed by atoms with Gasteiger partial charge in [-0.05, 0) is 43.2 Å². The zero-order valence-electron chi connectivity index (χ0n) is 16.5. The van der Waals surface area contributed by atoms with Crippen molar-refractivity contribution in [3.63, 3.8) is 0 Å². The van der Waals surface area contributed by atoms with E-state index in [9.17, 15) is 9.59 Å². The highest BCUT2D eigenvalue weighted by atomic mass is 16.2. The summed E-state index contributed by atoms with van der Waals surface area (Å²) in [4.78, 5) is 27.7. The lowest BCUT2D eigenvalue weighted by molar-refractivity contribution is 0.0792. The van der Waals surface area contributed by atoms with Crippen molar-refractivity contribution >= 4 is 17.5 Å². The molecule has 1 fully saturated rings. The third-order valence-corrected chi connectivity index (χ3v) is 5.47. The van der Waals surface area contributed by atoms with Gasteiger partial charge < -0.3 is 10.2 Å². The maximum absolute atomic E-state index is 13.2. The number of nitrogens with zero attached hydrogens (tertiary/aromatic N) is 1. The van der Waals surface area contributed by atoms with Gasteiger partial charge in [0, 0.05) is 24.6 Å². The van der Waals surface area contributed by atoms with Gasteiger partial charge in [-0.2, -0.15) is 0 Å². The molecule has 0 aliphatic carbocycles. The first-order valence-electron chi connectivity index (χ1n) is 9.93. The number of para-hydroxylation sites is 1. The molecule has 146 valence electrons. The number of carbonyl (C=O) groups is 2. The molecule has 4 heteroatoms. The van der Waals surface area contributed by atoms with E-state index in [0.29, 0.717) is 29.3 Å². The Labute approximate surface area is 171 Å². The summed E-state index contributed by atoms with van der Waals surface area (Å²) in [6.07, 6.45) is 0.952. The number of carbonyl (C=O) groups excluding carboxylic acids is 2. The highest BCUT2D eigenvalue weighted by Crippen LogP contribution is 2.29. The number of likely N-dealkylation sites (tertiary alicyclic amines) is 1. The highest BCUT2D eigenvalue weighted by molar-refractivity contribution is 6.09. The van der Waals surface area contributed by atoms with E-state index in [0.717, 1.165) is 18.5 Å². The summed E-state index contributed by atoms with van der Waals surface area (Å²) in [7, 11) is 0. The fourth-order valence-corrected chi connectivity index (χ4v) is 3.79. The van der Waals surface area contributed by atoms with Crippen LogP contribution in [0.2, 0.25) is 0 Å². The Morgan fingerprint density at radius 1 is 0.897 bits per heavy atom. The average Bonchev–Trinajstić information content (AvgIpc) is 3.25. The van der Waals surface area contributed by atoms with Crippen LogP contribution in [0.3, 0.4) is 0 Å². The molecule has 29 heavy (non-hydrogen) atoms. The number of amides is 2. The molecule has 1 saturated heterocycles. The van der Waals surface area contributed by atoms with Crippen molar-refractivity contribution in [1.82, 2.24) is 4.90 Å². The van der Waals surface area contributed by atoms with Crippen molar-refractivity contribution in [3.8, 4) is 0 Å². The van der Waals surface area contributed by atoms with Crippen molar-refractivity contribution < 1.29 is 9.59 Å². The molecule has 0 radical (unpaired) electrons. The summed E-state index contributed by atoms with van der Waals surface area (Å²) in [5.41, 5.74) is 4.01. The fourth-order valence-electron chi connectivity index (χ4n) is 3.79. The summed E-state index contributed by atoms with van der Waals surface area (Å²) in [6, 6.07) is 24.9. The van der Waals surface area contributed by atoms with E-state index < -0.39 is 0 Å². The third kappa shape index (κ3) is 4.21. The van der Waals surface area contributed by atoms with Crippen LogP contribution in [0.1, 0.15) is 44.2 Å². The zero-order chi connectivity index (χ0) is 20.2. The molecule has 0 aromatic heterocycles. The average molecular weight is 384 g/mol. The molecule has 0 bridgehead atoms. The van der Waals surface area contributed by atoms with Gasteiger partial charge in [-0.3, -0.25) is 9.59 Å². The van der Waals surface area contributed by atoms with E-state index in [-0.39, 0.29) is 11.8 Å². The first kappa shape index (κ1) is 18.9. The SMILES string of the molecule is Cc1ccc(C(=O)Nc2ccccc2C(=O)N2CCC(c3ccccc3)C2)cc1. The molecular weight excluding hydrogens is 360 g/mol. The maximum Gasteiger partial charge on any atom is 0.255 e. The molecule has 4 nitrogen and oxygen atoms in total. The lowest BCUT2D eigenvalue weighted by Gasteiger charge is -2.19. The molecule has 4 rings (SSSR count). The summed E-state index contributed by atoms with van der Waals surface area (Å²) in [5.74, 6) is 0.103. The van der Waals surface area contributed by atoms with Crippen LogP contribution in [0, 0.1) is 6.92 Å². The van der Waals surface area contributed by atoms with Gasteiger partial charge in [-0.1, -0.05) is 60.2 Å². The molecular formula is C25H24N2O2. The molecule has 1 atom stereocenters. The van der Waals surface area contributed by atoms with Crippen LogP contribution in [0.15, 0.2) is 78.9 Å². The van der Waals surface area contributed by atoms with Crippen molar-refractivity contribution in [3.05, 3.63) is 101 Å². The standard InChI is InChI=1S/C25H24N2O2/c1-18-11-13-20(14-12-18)24(28)26-23-10-6-5-9-22(23)25(29)27-16-15-21(17-27)19-7-3-2-4-8-19/h2-14,21H,15-17H2,1H3,(H,26,28). The Morgan fingerprint density at radius 2 is 1.59 bits per heavy atom.